The van der Waals surface area contributed by atoms with E-state index in [1.807, 2.05) is 30.3 Å². The number of rotatable bonds is 4. The maximum atomic E-state index is 11.9. The molecule has 0 saturated carbocycles. The molecule has 0 spiro atoms. The van der Waals surface area contributed by atoms with Gasteiger partial charge in [-0.15, -0.1) is 0 Å². The molecule has 1 aliphatic rings. The van der Waals surface area contributed by atoms with E-state index in [0.717, 1.165) is 5.56 Å². The SMILES string of the molecule is COCCN1CC(c2ccccc2)C(N)C1=O. The highest BCUT2D eigenvalue weighted by Crippen LogP contribution is 2.26. The number of amides is 1. The zero-order valence-corrected chi connectivity index (χ0v) is 10.0. The normalized spacial score (nSPS) is 24.4. The standard InChI is InChI=1S/C13H18N2O2/c1-17-8-7-15-9-11(12(14)13(15)16)10-5-3-2-4-6-10/h2-6,11-12H,7-9,14H2,1H3. The number of carbonyl (C=O) groups excluding carboxylic acids is 1. The molecule has 4 heteroatoms. The van der Waals surface area contributed by atoms with Crippen LogP contribution in [0.5, 0.6) is 0 Å². The third kappa shape index (κ3) is 2.48. The van der Waals surface area contributed by atoms with Gasteiger partial charge >= 0.3 is 0 Å². The van der Waals surface area contributed by atoms with Crippen LogP contribution in [0.4, 0.5) is 0 Å². The van der Waals surface area contributed by atoms with Crippen molar-refractivity contribution in [2.45, 2.75) is 12.0 Å². The first-order valence-electron chi connectivity index (χ1n) is 5.82. The molecule has 2 N–H and O–H groups in total. The average Bonchev–Trinajstić information content (AvgIpc) is 2.65. The van der Waals surface area contributed by atoms with Crippen LogP contribution >= 0.6 is 0 Å². The third-order valence-electron chi connectivity index (χ3n) is 3.24. The van der Waals surface area contributed by atoms with Crippen LogP contribution in [0.2, 0.25) is 0 Å². The van der Waals surface area contributed by atoms with Crippen LogP contribution in [0.25, 0.3) is 0 Å². The molecule has 1 aromatic carbocycles. The van der Waals surface area contributed by atoms with E-state index in [1.54, 1.807) is 12.0 Å². The molecular formula is C13H18N2O2. The highest BCUT2D eigenvalue weighted by molar-refractivity contribution is 5.85. The van der Waals surface area contributed by atoms with Crippen molar-refractivity contribution in [1.29, 1.82) is 0 Å². The second kappa shape index (κ2) is 5.29. The van der Waals surface area contributed by atoms with Crippen LogP contribution in [-0.2, 0) is 9.53 Å². The van der Waals surface area contributed by atoms with E-state index in [9.17, 15) is 4.79 Å². The van der Waals surface area contributed by atoms with Gasteiger partial charge in [-0.3, -0.25) is 4.79 Å². The maximum absolute atomic E-state index is 11.9. The average molecular weight is 234 g/mol. The monoisotopic (exact) mass is 234 g/mol. The van der Waals surface area contributed by atoms with Gasteiger partial charge in [0.15, 0.2) is 0 Å². The Morgan fingerprint density at radius 3 is 2.76 bits per heavy atom. The van der Waals surface area contributed by atoms with E-state index < -0.39 is 6.04 Å². The van der Waals surface area contributed by atoms with Crippen molar-refractivity contribution in [2.75, 3.05) is 26.8 Å². The lowest BCUT2D eigenvalue weighted by molar-refractivity contribution is -0.129. The molecule has 2 atom stereocenters. The van der Waals surface area contributed by atoms with Gasteiger partial charge in [0.25, 0.3) is 0 Å². The van der Waals surface area contributed by atoms with E-state index in [-0.39, 0.29) is 11.8 Å². The number of benzene rings is 1. The van der Waals surface area contributed by atoms with Crippen LogP contribution in [0.15, 0.2) is 30.3 Å². The summed E-state index contributed by atoms with van der Waals surface area (Å²) in [5, 5.41) is 0. The summed E-state index contributed by atoms with van der Waals surface area (Å²) in [5.74, 6) is 0.122. The Hall–Kier alpha value is -1.39. The summed E-state index contributed by atoms with van der Waals surface area (Å²) in [6.45, 7) is 1.86. The van der Waals surface area contributed by atoms with Crippen LogP contribution in [-0.4, -0.2) is 43.7 Å². The first-order chi connectivity index (χ1) is 8.24. The van der Waals surface area contributed by atoms with Gasteiger partial charge in [-0.25, -0.2) is 0 Å². The number of hydrogen-bond acceptors (Lipinski definition) is 3. The van der Waals surface area contributed by atoms with E-state index in [1.165, 1.54) is 0 Å². The smallest absolute Gasteiger partial charge is 0.240 e. The van der Waals surface area contributed by atoms with Gasteiger partial charge in [0.1, 0.15) is 0 Å². The summed E-state index contributed by atoms with van der Waals surface area (Å²) in [6, 6.07) is 9.55. The molecular weight excluding hydrogens is 216 g/mol. The minimum atomic E-state index is -0.422. The number of nitrogens with zero attached hydrogens (tertiary/aromatic N) is 1. The highest BCUT2D eigenvalue weighted by atomic mass is 16.5. The van der Waals surface area contributed by atoms with Crippen molar-refractivity contribution in [2.24, 2.45) is 5.73 Å². The highest BCUT2D eigenvalue weighted by Gasteiger charge is 2.38. The lowest BCUT2D eigenvalue weighted by Crippen LogP contribution is -2.36. The lowest BCUT2D eigenvalue weighted by atomic mass is 9.95. The number of hydrogen-bond donors (Lipinski definition) is 1. The van der Waals surface area contributed by atoms with Crippen LogP contribution in [0, 0.1) is 0 Å². The zero-order valence-electron chi connectivity index (χ0n) is 10.0. The Balaban J connectivity index is 2.09. The summed E-state index contributed by atoms with van der Waals surface area (Å²) in [6.07, 6.45) is 0. The molecule has 0 aromatic heterocycles. The quantitative estimate of drug-likeness (QED) is 0.829. The predicted molar refractivity (Wildman–Crippen MR) is 65.6 cm³/mol. The lowest BCUT2D eigenvalue weighted by Gasteiger charge is -2.15. The van der Waals surface area contributed by atoms with Gasteiger partial charge < -0.3 is 15.4 Å². The molecule has 1 aliphatic heterocycles. The first kappa shape index (κ1) is 12.1. The minimum Gasteiger partial charge on any atom is -0.383 e. The Kier molecular flexibility index (Phi) is 3.76. The number of likely N-dealkylation sites (tertiary alicyclic amines) is 1. The third-order valence-corrected chi connectivity index (χ3v) is 3.24. The molecule has 1 fully saturated rings. The number of methoxy groups -OCH3 is 1. The van der Waals surface area contributed by atoms with Crippen LogP contribution in [0.1, 0.15) is 11.5 Å². The maximum Gasteiger partial charge on any atom is 0.240 e. The summed E-state index contributed by atoms with van der Waals surface area (Å²) < 4.78 is 4.99. The molecule has 4 nitrogen and oxygen atoms in total. The summed E-state index contributed by atoms with van der Waals surface area (Å²) >= 11 is 0. The van der Waals surface area contributed by atoms with E-state index in [2.05, 4.69) is 0 Å². The minimum absolute atomic E-state index is 0.0240. The van der Waals surface area contributed by atoms with Crippen molar-refractivity contribution in [3.05, 3.63) is 35.9 Å². The van der Waals surface area contributed by atoms with Crippen molar-refractivity contribution in [3.8, 4) is 0 Å². The summed E-state index contributed by atoms with van der Waals surface area (Å²) in [7, 11) is 1.63. The fraction of sp³-hybridized carbons (Fsp3) is 0.462. The summed E-state index contributed by atoms with van der Waals surface area (Å²) in [4.78, 5) is 13.7. The number of ether oxygens (including phenoxy) is 1. The zero-order chi connectivity index (χ0) is 12.3. The van der Waals surface area contributed by atoms with Crippen molar-refractivity contribution in [3.63, 3.8) is 0 Å². The second-order valence-corrected chi connectivity index (χ2v) is 4.32. The molecule has 1 amide bonds. The van der Waals surface area contributed by atoms with Gasteiger partial charge in [-0.2, -0.15) is 0 Å². The van der Waals surface area contributed by atoms with E-state index in [4.69, 9.17) is 10.5 Å². The number of nitrogens with two attached hydrogens (primary N) is 1. The Morgan fingerprint density at radius 2 is 2.12 bits per heavy atom. The molecule has 92 valence electrons. The van der Waals surface area contributed by atoms with Crippen molar-refractivity contribution < 1.29 is 9.53 Å². The van der Waals surface area contributed by atoms with Gasteiger partial charge in [-0.05, 0) is 5.56 Å². The van der Waals surface area contributed by atoms with Gasteiger partial charge in [0, 0.05) is 26.1 Å². The van der Waals surface area contributed by atoms with Gasteiger partial charge in [0.05, 0.1) is 12.6 Å². The largest absolute Gasteiger partial charge is 0.383 e. The first-order valence-corrected chi connectivity index (χ1v) is 5.82. The molecule has 1 aromatic rings. The summed E-state index contributed by atoms with van der Waals surface area (Å²) in [5.41, 5.74) is 7.12. The topological polar surface area (TPSA) is 55.6 Å². The molecule has 1 saturated heterocycles. The van der Waals surface area contributed by atoms with E-state index in [0.29, 0.717) is 19.7 Å². The van der Waals surface area contributed by atoms with Crippen molar-refractivity contribution >= 4 is 5.91 Å². The fourth-order valence-corrected chi connectivity index (χ4v) is 2.24. The molecule has 0 bridgehead atoms. The van der Waals surface area contributed by atoms with Gasteiger partial charge in [-0.1, -0.05) is 30.3 Å². The molecule has 0 radical (unpaired) electrons. The Labute approximate surface area is 101 Å². The molecule has 2 unspecified atom stereocenters. The fourth-order valence-electron chi connectivity index (χ4n) is 2.24. The molecule has 17 heavy (non-hydrogen) atoms. The van der Waals surface area contributed by atoms with Crippen molar-refractivity contribution in [1.82, 2.24) is 4.90 Å². The Morgan fingerprint density at radius 1 is 1.41 bits per heavy atom. The molecule has 0 aliphatic carbocycles. The molecule has 2 rings (SSSR count). The predicted octanol–water partition coefficient (Wildman–Crippen LogP) is 0.586. The molecule has 1 heterocycles. The van der Waals surface area contributed by atoms with Crippen LogP contribution in [0.3, 0.4) is 0 Å². The van der Waals surface area contributed by atoms with E-state index >= 15 is 0 Å². The second-order valence-electron chi connectivity index (χ2n) is 4.32. The van der Waals surface area contributed by atoms with Gasteiger partial charge in [0.2, 0.25) is 5.91 Å². The van der Waals surface area contributed by atoms with Crippen LogP contribution < -0.4 is 5.73 Å². The Bertz CT molecular complexity index is 380. The number of carbonyl (C=O) groups is 1.